The number of hydrogen-bond donors (Lipinski definition) is 2. The van der Waals surface area contributed by atoms with E-state index in [9.17, 15) is 4.79 Å². The third kappa shape index (κ3) is 5.75. The van der Waals surface area contributed by atoms with Crippen LogP contribution < -0.4 is 11.1 Å². The first-order valence-electron chi connectivity index (χ1n) is 5.80. The van der Waals surface area contributed by atoms with Crippen molar-refractivity contribution in [3.05, 3.63) is 35.9 Å². The van der Waals surface area contributed by atoms with Gasteiger partial charge in [0, 0.05) is 12.3 Å². The zero-order valence-corrected chi connectivity index (χ0v) is 11.0. The van der Waals surface area contributed by atoms with Gasteiger partial charge in [0.15, 0.2) is 0 Å². The maximum absolute atomic E-state index is 11.6. The van der Waals surface area contributed by atoms with Gasteiger partial charge in [0.2, 0.25) is 5.91 Å². The maximum Gasteiger partial charge on any atom is 0.236 e. The molecule has 0 unspecified atom stereocenters. The van der Waals surface area contributed by atoms with Gasteiger partial charge in [-0.3, -0.25) is 4.79 Å². The van der Waals surface area contributed by atoms with Crippen LogP contribution in [0.5, 0.6) is 0 Å². The number of carbonyl (C=O) groups is 1. The maximum atomic E-state index is 11.6. The number of benzene rings is 1. The van der Waals surface area contributed by atoms with Crippen molar-refractivity contribution in [2.45, 2.75) is 18.9 Å². The summed E-state index contributed by atoms with van der Waals surface area (Å²) in [5.74, 6) is 0.881. The third-order valence-corrected chi connectivity index (χ3v) is 3.14. The van der Waals surface area contributed by atoms with Crippen molar-refractivity contribution in [1.29, 1.82) is 0 Å². The lowest BCUT2D eigenvalue weighted by molar-refractivity contribution is -0.122. The number of aryl methyl sites for hydroxylation is 1. The van der Waals surface area contributed by atoms with Gasteiger partial charge in [-0.05, 0) is 24.7 Å². The molecule has 0 fully saturated rings. The lowest BCUT2D eigenvalue weighted by Gasteiger charge is -2.11. The molecule has 1 rings (SSSR count). The van der Waals surface area contributed by atoms with Gasteiger partial charge < -0.3 is 11.1 Å². The first kappa shape index (κ1) is 14.1. The molecule has 1 atom stereocenters. The molecule has 1 amide bonds. The number of carbonyl (C=O) groups excluding carboxylic acids is 1. The summed E-state index contributed by atoms with van der Waals surface area (Å²) in [7, 11) is 0. The minimum Gasteiger partial charge on any atom is -0.354 e. The molecule has 0 bridgehead atoms. The van der Waals surface area contributed by atoms with E-state index in [1.54, 1.807) is 11.8 Å². The summed E-state index contributed by atoms with van der Waals surface area (Å²) in [6, 6.07) is 9.69. The first-order chi connectivity index (χ1) is 8.24. The van der Waals surface area contributed by atoms with Crippen molar-refractivity contribution < 1.29 is 4.79 Å². The molecule has 0 heterocycles. The highest BCUT2D eigenvalue weighted by Crippen LogP contribution is 2.04. The minimum atomic E-state index is -0.405. The monoisotopic (exact) mass is 252 g/mol. The highest BCUT2D eigenvalue weighted by atomic mass is 32.2. The molecular weight excluding hydrogens is 232 g/mol. The van der Waals surface area contributed by atoms with Crippen LogP contribution in [-0.4, -0.2) is 30.5 Å². The molecular formula is C13H20N2OS. The summed E-state index contributed by atoms with van der Waals surface area (Å²) in [6.45, 7) is 0.693. The fourth-order valence-electron chi connectivity index (χ4n) is 1.51. The molecule has 4 heteroatoms. The van der Waals surface area contributed by atoms with Gasteiger partial charge in [-0.2, -0.15) is 11.8 Å². The van der Waals surface area contributed by atoms with Crippen molar-refractivity contribution in [1.82, 2.24) is 5.32 Å². The number of hydrogen-bond acceptors (Lipinski definition) is 3. The smallest absolute Gasteiger partial charge is 0.236 e. The van der Waals surface area contributed by atoms with Crippen LogP contribution in [0, 0.1) is 0 Å². The van der Waals surface area contributed by atoms with Crippen LogP contribution >= 0.6 is 11.8 Å². The average Bonchev–Trinajstić information content (AvgIpc) is 2.37. The van der Waals surface area contributed by atoms with Crippen molar-refractivity contribution in [2.24, 2.45) is 5.73 Å². The van der Waals surface area contributed by atoms with Crippen molar-refractivity contribution in [3.8, 4) is 0 Å². The van der Waals surface area contributed by atoms with Crippen LogP contribution in [0.2, 0.25) is 0 Å². The van der Waals surface area contributed by atoms with Gasteiger partial charge >= 0.3 is 0 Å². The minimum absolute atomic E-state index is 0.0463. The second-order valence-electron chi connectivity index (χ2n) is 3.91. The molecule has 0 radical (unpaired) electrons. The molecule has 0 aliphatic carbocycles. The lowest BCUT2D eigenvalue weighted by Crippen LogP contribution is -2.41. The van der Waals surface area contributed by atoms with E-state index in [1.807, 2.05) is 24.5 Å². The van der Waals surface area contributed by atoms with E-state index >= 15 is 0 Å². The molecule has 17 heavy (non-hydrogen) atoms. The third-order valence-electron chi connectivity index (χ3n) is 2.53. The zero-order chi connectivity index (χ0) is 12.5. The van der Waals surface area contributed by atoms with E-state index < -0.39 is 6.04 Å². The summed E-state index contributed by atoms with van der Waals surface area (Å²) >= 11 is 1.71. The number of rotatable bonds is 7. The quantitative estimate of drug-likeness (QED) is 0.722. The summed E-state index contributed by atoms with van der Waals surface area (Å²) < 4.78 is 0. The first-order valence-corrected chi connectivity index (χ1v) is 7.19. The molecule has 0 aliphatic heterocycles. The Labute approximate surface area is 107 Å². The molecule has 0 saturated carbocycles. The largest absolute Gasteiger partial charge is 0.354 e. The molecule has 94 valence electrons. The molecule has 0 aromatic heterocycles. The molecule has 1 aromatic rings. The van der Waals surface area contributed by atoms with Crippen LogP contribution in [-0.2, 0) is 11.2 Å². The molecule has 1 aromatic carbocycles. The SMILES string of the molecule is CSCCNC(=O)[C@@H](N)CCc1ccccc1. The van der Waals surface area contributed by atoms with Crippen LogP contribution in [0.3, 0.4) is 0 Å². The van der Waals surface area contributed by atoms with Crippen LogP contribution in [0.4, 0.5) is 0 Å². The summed E-state index contributed by atoms with van der Waals surface area (Å²) in [5.41, 5.74) is 7.05. The Morgan fingerprint density at radius 1 is 1.41 bits per heavy atom. The summed E-state index contributed by atoms with van der Waals surface area (Å²) in [6.07, 6.45) is 3.55. The Morgan fingerprint density at radius 3 is 2.76 bits per heavy atom. The molecule has 0 saturated heterocycles. The molecule has 0 spiro atoms. The Bertz CT molecular complexity index is 329. The normalized spacial score (nSPS) is 12.1. The van der Waals surface area contributed by atoms with E-state index in [4.69, 9.17) is 5.73 Å². The van der Waals surface area contributed by atoms with E-state index in [1.165, 1.54) is 5.56 Å². The lowest BCUT2D eigenvalue weighted by atomic mass is 10.1. The Balaban J connectivity index is 2.24. The van der Waals surface area contributed by atoms with Gasteiger partial charge in [0.1, 0.15) is 0 Å². The standard InChI is InChI=1S/C13H20N2OS/c1-17-10-9-15-13(16)12(14)8-7-11-5-3-2-4-6-11/h2-6,12H,7-10,14H2,1H3,(H,15,16)/t12-/m0/s1. The average molecular weight is 252 g/mol. The Hall–Kier alpha value is -1.00. The number of thioether (sulfide) groups is 1. The molecule has 0 aliphatic rings. The fraction of sp³-hybridized carbons (Fsp3) is 0.462. The van der Waals surface area contributed by atoms with Crippen molar-refractivity contribution in [2.75, 3.05) is 18.6 Å². The van der Waals surface area contributed by atoms with Crippen LogP contribution in [0.25, 0.3) is 0 Å². The van der Waals surface area contributed by atoms with E-state index in [2.05, 4.69) is 17.4 Å². The van der Waals surface area contributed by atoms with E-state index in [0.717, 1.165) is 12.2 Å². The van der Waals surface area contributed by atoms with E-state index in [0.29, 0.717) is 13.0 Å². The zero-order valence-electron chi connectivity index (χ0n) is 10.2. The highest BCUT2D eigenvalue weighted by molar-refractivity contribution is 7.98. The predicted molar refractivity (Wildman–Crippen MR) is 74.1 cm³/mol. The van der Waals surface area contributed by atoms with Gasteiger partial charge in [-0.15, -0.1) is 0 Å². The second kappa shape index (κ2) is 8.14. The number of nitrogens with one attached hydrogen (secondary N) is 1. The van der Waals surface area contributed by atoms with Crippen molar-refractivity contribution in [3.63, 3.8) is 0 Å². The second-order valence-corrected chi connectivity index (χ2v) is 4.90. The van der Waals surface area contributed by atoms with E-state index in [-0.39, 0.29) is 5.91 Å². The van der Waals surface area contributed by atoms with Crippen molar-refractivity contribution >= 4 is 17.7 Å². The van der Waals surface area contributed by atoms with Gasteiger partial charge in [-0.25, -0.2) is 0 Å². The topological polar surface area (TPSA) is 55.1 Å². The fourth-order valence-corrected chi connectivity index (χ4v) is 1.81. The van der Waals surface area contributed by atoms with Crippen LogP contribution in [0.1, 0.15) is 12.0 Å². The predicted octanol–water partition coefficient (Wildman–Crippen LogP) is 1.43. The van der Waals surface area contributed by atoms with Gasteiger partial charge in [0.25, 0.3) is 0 Å². The molecule has 3 N–H and O–H groups in total. The summed E-state index contributed by atoms with van der Waals surface area (Å²) in [5, 5.41) is 2.83. The highest BCUT2D eigenvalue weighted by Gasteiger charge is 2.12. The van der Waals surface area contributed by atoms with Gasteiger partial charge in [0.05, 0.1) is 6.04 Å². The van der Waals surface area contributed by atoms with Crippen LogP contribution in [0.15, 0.2) is 30.3 Å². The Morgan fingerprint density at radius 2 is 2.12 bits per heavy atom. The van der Waals surface area contributed by atoms with Gasteiger partial charge in [-0.1, -0.05) is 30.3 Å². The summed E-state index contributed by atoms with van der Waals surface area (Å²) in [4.78, 5) is 11.6. The molecule has 3 nitrogen and oxygen atoms in total. The number of amides is 1. The number of nitrogens with two attached hydrogens (primary N) is 1. The Kier molecular flexibility index (Phi) is 6.74.